The monoisotopic (exact) mass is 555 g/mol. The first-order valence-corrected chi connectivity index (χ1v) is 14.6. The van der Waals surface area contributed by atoms with Crippen molar-refractivity contribution in [1.29, 1.82) is 0 Å². The zero-order valence-electron chi connectivity index (χ0n) is 22.9. The van der Waals surface area contributed by atoms with E-state index < -0.39 is 12.0 Å². The molecule has 1 amide bonds. The van der Waals surface area contributed by atoms with Crippen molar-refractivity contribution in [2.75, 3.05) is 18.1 Å². The number of unbranched alkanes of at least 4 members (excludes halogenated alkanes) is 4. The van der Waals surface area contributed by atoms with Crippen LogP contribution in [0.1, 0.15) is 63.1 Å². The largest absolute Gasteiger partial charge is 0.458 e. The summed E-state index contributed by atoms with van der Waals surface area (Å²) in [4.78, 5) is 48.2. The van der Waals surface area contributed by atoms with Crippen LogP contribution in [-0.2, 0) is 14.3 Å². The molecule has 0 N–H and O–H groups in total. The van der Waals surface area contributed by atoms with E-state index in [0.29, 0.717) is 32.7 Å². The quantitative estimate of drug-likeness (QED) is 0.207. The van der Waals surface area contributed by atoms with Crippen molar-refractivity contribution in [3.8, 4) is 0 Å². The topological polar surface area (TPSA) is 81.0 Å². The fraction of sp³-hybridized carbons (Fsp3) is 0.312. The number of allylic oxidation sites excluding steroid dienone is 1. The lowest BCUT2D eigenvalue weighted by atomic mass is 9.96. The van der Waals surface area contributed by atoms with Crippen LogP contribution in [-0.4, -0.2) is 29.6 Å². The van der Waals surface area contributed by atoms with Gasteiger partial charge in [-0.15, -0.1) is 0 Å². The van der Waals surface area contributed by atoms with Gasteiger partial charge in [0.25, 0.3) is 11.5 Å². The van der Waals surface area contributed by atoms with Crippen LogP contribution >= 0.6 is 11.3 Å². The summed E-state index contributed by atoms with van der Waals surface area (Å²) >= 11 is 1.19. The fourth-order valence-electron chi connectivity index (χ4n) is 5.39. The van der Waals surface area contributed by atoms with Gasteiger partial charge in [-0.3, -0.25) is 14.2 Å². The molecule has 0 radical (unpaired) electrons. The van der Waals surface area contributed by atoms with Crippen molar-refractivity contribution >= 4 is 34.5 Å². The van der Waals surface area contributed by atoms with Gasteiger partial charge in [0.15, 0.2) is 4.80 Å². The van der Waals surface area contributed by atoms with Gasteiger partial charge in [0, 0.05) is 12.1 Å². The lowest BCUT2D eigenvalue weighted by Gasteiger charge is -2.24. The van der Waals surface area contributed by atoms with E-state index in [9.17, 15) is 14.4 Å². The minimum atomic E-state index is -0.731. The number of carbonyl (C=O) groups excluding carboxylic acids is 2. The third-order valence-corrected chi connectivity index (χ3v) is 8.35. The number of aromatic nitrogens is 1. The van der Waals surface area contributed by atoms with Gasteiger partial charge in [0.2, 0.25) is 0 Å². The zero-order chi connectivity index (χ0) is 28.2. The maximum Gasteiger partial charge on any atom is 0.338 e. The van der Waals surface area contributed by atoms with Crippen LogP contribution in [0.5, 0.6) is 0 Å². The molecule has 1 aromatic heterocycles. The molecule has 0 saturated heterocycles. The summed E-state index contributed by atoms with van der Waals surface area (Å²) in [5.41, 5.74) is 3.17. The molecule has 3 aromatic rings. The molecule has 1 atom stereocenters. The molecule has 0 unspecified atom stereocenters. The average molecular weight is 556 g/mol. The Morgan fingerprint density at radius 2 is 1.77 bits per heavy atom. The van der Waals surface area contributed by atoms with Gasteiger partial charge in [-0.25, -0.2) is 9.79 Å². The highest BCUT2D eigenvalue weighted by Crippen LogP contribution is 2.36. The Balaban J connectivity index is 1.65. The van der Waals surface area contributed by atoms with Crippen molar-refractivity contribution in [2.45, 2.75) is 52.0 Å². The van der Waals surface area contributed by atoms with Gasteiger partial charge < -0.3 is 9.64 Å². The number of nitrogens with zero attached hydrogens (tertiary/aromatic N) is 3. The van der Waals surface area contributed by atoms with Crippen molar-refractivity contribution in [2.24, 2.45) is 4.99 Å². The minimum Gasteiger partial charge on any atom is -0.458 e. The van der Waals surface area contributed by atoms with Crippen molar-refractivity contribution < 1.29 is 14.3 Å². The van der Waals surface area contributed by atoms with Gasteiger partial charge in [0.05, 0.1) is 28.6 Å². The molecule has 5 rings (SSSR count). The van der Waals surface area contributed by atoms with Crippen molar-refractivity contribution in [3.63, 3.8) is 0 Å². The van der Waals surface area contributed by atoms with E-state index in [2.05, 4.69) is 18.5 Å². The molecule has 7 nitrogen and oxygen atoms in total. The van der Waals surface area contributed by atoms with E-state index in [0.717, 1.165) is 42.5 Å². The number of fused-ring (bicyclic) bond motifs is 2. The van der Waals surface area contributed by atoms with Crippen LogP contribution in [0.2, 0.25) is 0 Å². The second-order valence-electron chi connectivity index (χ2n) is 9.96. The molecule has 0 aliphatic carbocycles. The summed E-state index contributed by atoms with van der Waals surface area (Å²) in [5.74, 6) is -0.718. The number of thiazole rings is 1. The SMILES string of the molecule is C=CCOC(=O)C1=C(C)N=c2s/c(=C3\C(=O)N(CCCCCCC)c4ccccc43)c(=O)n2[C@@H]1c1ccccc1. The summed E-state index contributed by atoms with van der Waals surface area (Å²) in [7, 11) is 0. The molecule has 0 bridgehead atoms. The summed E-state index contributed by atoms with van der Waals surface area (Å²) in [6.07, 6.45) is 6.94. The second-order valence-corrected chi connectivity index (χ2v) is 10.9. The van der Waals surface area contributed by atoms with Crippen molar-refractivity contribution in [1.82, 2.24) is 4.57 Å². The number of hydrogen-bond acceptors (Lipinski definition) is 6. The van der Waals surface area contributed by atoms with Crippen LogP contribution in [0.4, 0.5) is 5.69 Å². The Morgan fingerprint density at radius 1 is 1.05 bits per heavy atom. The molecule has 3 heterocycles. The summed E-state index contributed by atoms with van der Waals surface area (Å²) in [6.45, 7) is 8.20. The van der Waals surface area contributed by atoms with Crippen LogP contribution in [0.25, 0.3) is 5.57 Å². The molecule has 0 spiro atoms. The van der Waals surface area contributed by atoms with Gasteiger partial charge in [-0.05, 0) is 25.0 Å². The number of ether oxygens (including phenoxy) is 1. The van der Waals surface area contributed by atoms with Gasteiger partial charge in [0.1, 0.15) is 11.1 Å². The summed E-state index contributed by atoms with van der Waals surface area (Å²) < 4.78 is 7.26. The molecule has 8 heteroatoms. The van der Waals surface area contributed by atoms with Crippen LogP contribution in [0, 0.1) is 0 Å². The van der Waals surface area contributed by atoms with Crippen LogP contribution < -0.4 is 19.8 Å². The number of esters is 1. The Bertz CT molecular complexity index is 1670. The molecular formula is C32H33N3O4S. The Labute approximate surface area is 237 Å². The fourth-order valence-corrected chi connectivity index (χ4v) is 6.53. The van der Waals surface area contributed by atoms with E-state index in [1.165, 1.54) is 28.4 Å². The first-order valence-electron chi connectivity index (χ1n) is 13.8. The number of hydrogen-bond donors (Lipinski definition) is 0. The van der Waals surface area contributed by atoms with E-state index >= 15 is 0 Å². The highest BCUT2D eigenvalue weighted by atomic mass is 32.1. The van der Waals surface area contributed by atoms with E-state index in [1.807, 2.05) is 54.6 Å². The zero-order valence-corrected chi connectivity index (χ0v) is 23.7. The van der Waals surface area contributed by atoms with Gasteiger partial charge in [-0.1, -0.05) is 105 Å². The molecule has 40 heavy (non-hydrogen) atoms. The van der Waals surface area contributed by atoms with E-state index in [1.54, 1.807) is 11.8 Å². The van der Waals surface area contributed by atoms with E-state index in [-0.39, 0.29) is 18.1 Å². The lowest BCUT2D eigenvalue weighted by Crippen LogP contribution is -2.41. The third kappa shape index (κ3) is 4.99. The molecule has 0 saturated carbocycles. The standard InChI is InChI=1S/C32H33N3O4S/c1-4-6-7-8-14-19-34-24-18-13-12-17-23(24)26(29(34)36)28-30(37)35-27(22-15-10-9-11-16-22)25(31(38)39-20-5-2)21(3)33-32(35)40-28/h5,9-13,15-18,27H,2,4,6-8,14,19-20H2,1,3H3/b28-26-/t27-/m1/s1. The van der Waals surface area contributed by atoms with Crippen LogP contribution in [0.3, 0.4) is 0 Å². The van der Waals surface area contributed by atoms with Crippen LogP contribution in [0.15, 0.2) is 88.3 Å². The number of anilines is 1. The minimum absolute atomic E-state index is 0.0469. The molecule has 2 aromatic carbocycles. The third-order valence-electron chi connectivity index (χ3n) is 7.30. The maximum absolute atomic E-state index is 14.2. The normalized spacial score (nSPS) is 17.4. The highest BCUT2D eigenvalue weighted by Gasteiger charge is 2.37. The Morgan fingerprint density at radius 3 is 2.52 bits per heavy atom. The average Bonchev–Trinajstić information content (AvgIpc) is 3.43. The smallest absolute Gasteiger partial charge is 0.338 e. The first kappa shape index (κ1) is 27.5. The highest BCUT2D eigenvalue weighted by molar-refractivity contribution is 7.07. The predicted molar refractivity (Wildman–Crippen MR) is 158 cm³/mol. The number of amides is 1. The predicted octanol–water partition coefficient (Wildman–Crippen LogP) is 4.65. The number of carbonyl (C=O) groups is 2. The van der Waals surface area contributed by atoms with Crippen molar-refractivity contribution in [3.05, 3.63) is 109 Å². The van der Waals surface area contributed by atoms with Gasteiger partial charge >= 0.3 is 5.97 Å². The molecule has 0 fully saturated rings. The molecule has 2 aliphatic rings. The Hall–Kier alpha value is -4.04. The number of benzene rings is 2. The summed E-state index contributed by atoms with van der Waals surface area (Å²) in [6, 6.07) is 16.3. The molecule has 206 valence electrons. The lowest BCUT2D eigenvalue weighted by molar-refractivity contribution is -0.138. The maximum atomic E-state index is 14.2. The first-order chi connectivity index (χ1) is 19.5. The summed E-state index contributed by atoms with van der Waals surface area (Å²) in [5, 5.41) is 0. The Kier molecular flexibility index (Phi) is 8.26. The second kappa shape index (κ2) is 12.0. The number of para-hydroxylation sites is 1. The number of rotatable bonds is 10. The molecular weight excluding hydrogens is 522 g/mol. The molecule has 2 aliphatic heterocycles. The van der Waals surface area contributed by atoms with Gasteiger partial charge in [-0.2, -0.15) is 0 Å². The van der Waals surface area contributed by atoms with E-state index in [4.69, 9.17) is 4.74 Å².